The Morgan fingerprint density at radius 2 is 1.50 bits per heavy atom. The molecule has 1 aromatic rings. The van der Waals surface area contributed by atoms with Crippen molar-refractivity contribution < 1.29 is 13.9 Å². The third-order valence-corrected chi connectivity index (χ3v) is 4.79. The van der Waals surface area contributed by atoms with Crippen LogP contribution in [0.4, 0.5) is 4.39 Å². The Balaban J connectivity index is 1.53. The SMILES string of the molecule is C[C@H]1CC[C@H]([C@H]2CO[C@H](c3ccc(F)cc3)OC2)CC1. The van der Waals surface area contributed by atoms with E-state index in [1.807, 2.05) is 0 Å². The molecule has 3 rings (SSSR count). The molecule has 1 aromatic carbocycles. The first kappa shape index (κ1) is 14.0. The summed E-state index contributed by atoms with van der Waals surface area (Å²) in [6, 6.07) is 6.39. The topological polar surface area (TPSA) is 18.5 Å². The van der Waals surface area contributed by atoms with Gasteiger partial charge in [0.05, 0.1) is 13.2 Å². The second-order valence-corrected chi connectivity index (χ2v) is 6.33. The first-order valence-corrected chi connectivity index (χ1v) is 7.71. The lowest BCUT2D eigenvalue weighted by molar-refractivity contribution is -0.214. The van der Waals surface area contributed by atoms with E-state index < -0.39 is 0 Å². The van der Waals surface area contributed by atoms with Gasteiger partial charge in [0.25, 0.3) is 0 Å². The number of hydrogen-bond donors (Lipinski definition) is 0. The monoisotopic (exact) mass is 278 g/mol. The molecule has 0 N–H and O–H groups in total. The highest BCUT2D eigenvalue weighted by atomic mass is 19.1. The van der Waals surface area contributed by atoms with Gasteiger partial charge in [0.15, 0.2) is 6.29 Å². The quantitative estimate of drug-likeness (QED) is 0.802. The molecule has 0 aromatic heterocycles. The predicted octanol–water partition coefficient (Wildman–Crippen LogP) is 4.31. The molecule has 2 aliphatic rings. The maximum Gasteiger partial charge on any atom is 0.183 e. The Kier molecular flexibility index (Phi) is 4.37. The summed E-state index contributed by atoms with van der Waals surface area (Å²) in [6.07, 6.45) is 4.96. The lowest BCUT2D eigenvalue weighted by Crippen LogP contribution is -2.34. The van der Waals surface area contributed by atoms with Gasteiger partial charge in [-0.15, -0.1) is 0 Å². The average molecular weight is 278 g/mol. The van der Waals surface area contributed by atoms with Gasteiger partial charge in [-0.25, -0.2) is 4.39 Å². The van der Waals surface area contributed by atoms with Crippen LogP contribution < -0.4 is 0 Å². The van der Waals surface area contributed by atoms with Gasteiger partial charge in [0, 0.05) is 11.5 Å². The van der Waals surface area contributed by atoms with E-state index >= 15 is 0 Å². The molecule has 0 atom stereocenters. The minimum absolute atomic E-state index is 0.223. The zero-order chi connectivity index (χ0) is 13.9. The number of rotatable bonds is 2. The zero-order valence-electron chi connectivity index (χ0n) is 12.1. The molecule has 3 heteroatoms. The Morgan fingerprint density at radius 1 is 0.900 bits per heavy atom. The van der Waals surface area contributed by atoms with Crippen LogP contribution >= 0.6 is 0 Å². The van der Waals surface area contributed by atoms with E-state index in [0.29, 0.717) is 5.92 Å². The van der Waals surface area contributed by atoms with Crippen molar-refractivity contribution in [1.82, 2.24) is 0 Å². The summed E-state index contributed by atoms with van der Waals surface area (Å²) in [5.41, 5.74) is 0.905. The van der Waals surface area contributed by atoms with E-state index in [9.17, 15) is 4.39 Å². The summed E-state index contributed by atoms with van der Waals surface area (Å²) >= 11 is 0. The van der Waals surface area contributed by atoms with Crippen LogP contribution in [0, 0.1) is 23.6 Å². The number of halogens is 1. The molecule has 1 aliphatic carbocycles. The van der Waals surface area contributed by atoms with Crippen molar-refractivity contribution in [1.29, 1.82) is 0 Å². The minimum atomic E-state index is -0.325. The van der Waals surface area contributed by atoms with Crippen molar-refractivity contribution in [3.8, 4) is 0 Å². The summed E-state index contributed by atoms with van der Waals surface area (Å²) in [4.78, 5) is 0. The molecule has 20 heavy (non-hydrogen) atoms. The van der Waals surface area contributed by atoms with E-state index in [1.165, 1.54) is 37.8 Å². The molecule has 1 aliphatic heterocycles. The summed E-state index contributed by atoms with van der Waals surface area (Å²) in [5, 5.41) is 0. The third-order valence-electron chi connectivity index (χ3n) is 4.79. The highest BCUT2D eigenvalue weighted by Crippen LogP contribution is 2.36. The van der Waals surface area contributed by atoms with E-state index in [4.69, 9.17) is 9.47 Å². The Morgan fingerprint density at radius 3 is 2.10 bits per heavy atom. The van der Waals surface area contributed by atoms with E-state index in [-0.39, 0.29) is 12.1 Å². The lowest BCUT2D eigenvalue weighted by Gasteiger charge is -2.37. The Hall–Kier alpha value is -0.930. The standard InChI is InChI=1S/C17H23FO2/c1-12-2-4-13(5-3-12)15-10-19-17(20-11-15)14-6-8-16(18)9-7-14/h6-9,12-13,15,17H,2-5,10-11H2,1H3/t12-,13-,15-,17-. The first-order chi connectivity index (χ1) is 9.72. The van der Waals surface area contributed by atoms with Crippen LogP contribution in [0.2, 0.25) is 0 Å². The Bertz CT molecular complexity index is 415. The molecule has 1 saturated heterocycles. The second kappa shape index (κ2) is 6.23. The van der Waals surface area contributed by atoms with Crippen LogP contribution in [0.15, 0.2) is 24.3 Å². The lowest BCUT2D eigenvalue weighted by atomic mass is 9.76. The van der Waals surface area contributed by atoms with Gasteiger partial charge in [-0.2, -0.15) is 0 Å². The van der Waals surface area contributed by atoms with E-state index in [1.54, 1.807) is 12.1 Å². The summed E-state index contributed by atoms with van der Waals surface area (Å²) in [7, 11) is 0. The van der Waals surface area contributed by atoms with Gasteiger partial charge in [-0.3, -0.25) is 0 Å². The van der Waals surface area contributed by atoms with Crippen molar-refractivity contribution >= 4 is 0 Å². The van der Waals surface area contributed by atoms with Gasteiger partial charge < -0.3 is 9.47 Å². The fourth-order valence-electron chi connectivity index (χ4n) is 3.36. The molecular weight excluding hydrogens is 255 g/mol. The normalized spacial score (nSPS) is 34.9. The fraction of sp³-hybridized carbons (Fsp3) is 0.647. The zero-order valence-corrected chi connectivity index (χ0v) is 12.1. The maximum absolute atomic E-state index is 12.9. The fourth-order valence-corrected chi connectivity index (χ4v) is 3.36. The number of ether oxygens (including phenoxy) is 2. The van der Waals surface area contributed by atoms with Gasteiger partial charge in [0.1, 0.15) is 5.82 Å². The van der Waals surface area contributed by atoms with Crippen LogP contribution in [0.5, 0.6) is 0 Å². The van der Waals surface area contributed by atoms with Crippen LogP contribution in [-0.4, -0.2) is 13.2 Å². The second-order valence-electron chi connectivity index (χ2n) is 6.33. The predicted molar refractivity (Wildman–Crippen MR) is 75.7 cm³/mol. The largest absolute Gasteiger partial charge is 0.348 e. The van der Waals surface area contributed by atoms with Crippen molar-refractivity contribution in [2.45, 2.75) is 38.9 Å². The van der Waals surface area contributed by atoms with Crippen LogP contribution in [-0.2, 0) is 9.47 Å². The van der Waals surface area contributed by atoms with Crippen LogP contribution in [0.3, 0.4) is 0 Å². The third kappa shape index (κ3) is 3.21. The Labute approximate surface area is 120 Å². The number of benzene rings is 1. The van der Waals surface area contributed by atoms with Gasteiger partial charge in [0.2, 0.25) is 0 Å². The van der Waals surface area contributed by atoms with Crippen molar-refractivity contribution in [3.05, 3.63) is 35.6 Å². The molecule has 0 spiro atoms. The average Bonchev–Trinajstić information content (AvgIpc) is 2.49. The molecule has 0 unspecified atom stereocenters. The molecule has 110 valence electrons. The van der Waals surface area contributed by atoms with Crippen LogP contribution in [0.25, 0.3) is 0 Å². The molecule has 2 nitrogen and oxygen atoms in total. The summed E-state index contributed by atoms with van der Waals surface area (Å²) in [5.74, 6) is 1.93. The molecule has 0 bridgehead atoms. The van der Waals surface area contributed by atoms with E-state index in [0.717, 1.165) is 30.6 Å². The number of hydrogen-bond acceptors (Lipinski definition) is 2. The molecule has 1 heterocycles. The van der Waals surface area contributed by atoms with Crippen molar-refractivity contribution in [2.75, 3.05) is 13.2 Å². The molecule has 0 radical (unpaired) electrons. The van der Waals surface area contributed by atoms with Crippen molar-refractivity contribution in [3.63, 3.8) is 0 Å². The molecule has 0 amide bonds. The molecule has 2 fully saturated rings. The van der Waals surface area contributed by atoms with Gasteiger partial charge >= 0.3 is 0 Å². The molecule has 1 saturated carbocycles. The van der Waals surface area contributed by atoms with E-state index in [2.05, 4.69) is 6.92 Å². The minimum Gasteiger partial charge on any atom is -0.348 e. The summed E-state index contributed by atoms with van der Waals surface area (Å²) in [6.45, 7) is 3.87. The first-order valence-electron chi connectivity index (χ1n) is 7.71. The maximum atomic E-state index is 12.9. The van der Waals surface area contributed by atoms with Gasteiger partial charge in [-0.05, 0) is 36.8 Å². The van der Waals surface area contributed by atoms with Crippen LogP contribution in [0.1, 0.15) is 44.5 Å². The highest BCUT2D eigenvalue weighted by Gasteiger charge is 2.31. The smallest absolute Gasteiger partial charge is 0.183 e. The van der Waals surface area contributed by atoms with Crippen molar-refractivity contribution in [2.24, 2.45) is 17.8 Å². The molecular formula is C17H23FO2. The van der Waals surface area contributed by atoms with Gasteiger partial charge in [-0.1, -0.05) is 31.9 Å². The summed E-state index contributed by atoms with van der Waals surface area (Å²) < 4.78 is 24.6. The highest BCUT2D eigenvalue weighted by molar-refractivity contribution is 5.17.